The highest BCUT2D eigenvalue weighted by molar-refractivity contribution is 6.32. The van der Waals surface area contributed by atoms with Gasteiger partial charge in [-0.3, -0.25) is 0 Å². The lowest BCUT2D eigenvalue weighted by atomic mass is 10.0. The van der Waals surface area contributed by atoms with Gasteiger partial charge < -0.3 is 14.6 Å². The molecule has 1 fully saturated rings. The fourth-order valence-electron chi connectivity index (χ4n) is 1.93. The Kier molecular flexibility index (Phi) is 3.69. The van der Waals surface area contributed by atoms with Crippen LogP contribution in [0.1, 0.15) is 24.5 Å². The van der Waals surface area contributed by atoms with E-state index in [0.29, 0.717) is 10.8 Å². The van der Waals surface area contributed by atoms with Gasteiger partial charge in [0.25, 0.3) is 0 Å². The monoisotopic (exact) mass is 242 g/mol. The number of hydrogen-bond donors (Lipinski definition) is 1. The molecule has 4 heteroatoms. The molecule has 0 amide bonds. The van der Waals surface area contributed by atoms with Crippen LogP contribution in [-0.4, -0.2) is 24.9 Å². The first-order valence-electron chi connectivity index (χ1n) is 5.35. The Morgan fingerprint density at radius 2 is 2.38 bits per heavy atom. The van der Waals surface area contributed by atoms with Crippen molar-refractivity contribution in [2.24, 2.45) is 0 Å². The second-order valence-electron chi connectivity index (χ2n) is 3.89. The standard InChI is InChI=1S/C12H15ClO3/c1-15-10-5-4-8(7-9(10)13)12(14)11-3-2-6-16-11/h4-5,7,11-12,14H,2-3,6H2,1H3. The molecule has 1 saturated heterocycles. The number of hydrogen-bond acceptors (Lipinski definition) is 3. The predicted molar refractivity (Wildman–Crippen MR) is 61.9 cm³/mol. The predicted octanol–water partition coefficient (Wildman–Crippen LogP) is 2.56. The Morgan fingerprint density at radius 1 is 1.56 bits per heavy atom. The van der Waals surface area contributed by atoms with E-state index in [0.717, 1.165) is 25.0 Å². The highest BCUT2D eigenvalue weighted by Gasteiger charge is 2.25. The summed E-state index contributed by atoms with van der Waals surface area (Å²) < 4.78 is 10.5. The summed E-state index contributed by atoms with van der Waals surface area (Å²) in [6.45, 7) is 0.728. The van der Waals surface area contributed by atoms with E-state index in [9.17, 15) is 5.11 Å². The van der Waals surface area contributed by atoms with Crippen molar-refractivity contribution in [3.8, 4) is 5.75 Å². The van der Waals surface area contributed by atoms with E-state index in [4.69, 9.17) is 21.1 Å². The first kappa shape index (κ1) is 11.7. The summed E-state index contributed by atoms with van der Waals surface area (Å²) >= 11 is 6.00. The Bertz CT molecular complexity index is 361. The van der Waals surface area contributed by atoms with Crippen LogP contribution in [0.4, 0.5) is 0 Å². The quantitative estimate of drug-likeness (QED) is 0.886. The maximum Gasteiger partial charge on any atom is 0.137 e. The molecule has 2 rings (SSSR count). The maximum absolute atomic E-state index is 10.1. The van der Waals surface area contributed by atoms with Crippen LogP contribution in [0.15, 0.2) is 18.2 Å². The molecule has 2 atom stereocenters. The molecule has 1 N–H and O–H groups in total. The molecule has 0 saturated carbocycles. The van der Waals surface area contributed by atoms with Gasteiger partial charge in [-0.2, -0.15) is 0 Å². The van der Waals surface area contributed by atoms with Gasteiger partial charge in [0.05, 0.1) is 18.2 Å². The molecule has 0 aliphatic carbocycles. The van der Waals surface area contributed by atoms with E-state index in [1.807, 2.05) is 6.07 Å². The molecular formula is C12H15ClO3. The summed E-state index contributed by atoms with van der Waals surface area (Å²) in [4.78, 5) is 0. The van der Waals surface area contributed by atoms with Crippen LogP contribution in [0.2, 0.25) is 5.02 Å². The Balaban J connectivity index is 2.16. The van der Waals surface area contributed by atoms with Gasteiger partial charge >= 0.3 is 0 Å². The summed E-state index contributed by atoms with van der Waals surface area (Å²) in [5.74, 6) is 0.616. The van der Waals surface area contributed by atoms with Crippen LogP contribution in [0.25, 0.3) is 0 Å². The van der Waals surface area contributed by atoms with E-state index < -0.39 is 6.10 Å². The van der Waals surface area contributed by atoms with Gasteiger partial charge in [-0.05, 0) is 30.5 Å². The molecule has 1 aliphatic rings. The van der Waals surface area contributed by atoms with Crippen molar-refractivity contribution in [3.63, 3.8) is 0 Å². The average Bonchev–Trinajstić information content (AvgIpc) is 2.81. The van der Waals surface area contributed by atoms with E-state index >= 15 is 0 Å². The van der Waals surface area contributed by atoms with Gasteiger partial charge in [-0.15, -0.1) is 0 Å². The first-order chi connectivity index (χ1) is 7.72. The summed E-state index contributed by atoms with van der Waals surface area (Å²) in [5.41, 5.74) is 0.776. The lowest BCUT2D eigenvalue weighted by Gasteiger charge is -2.18. The molecule has 88 valence electrons. The molecule has 3 nitrogen and oxygen atoms in total. The third-order valence-electron chi connectivity index (χ3n) is 2.83. The Labute approximate surface area is 99.9 Å². The maximum atomic E-state index is 10.1. The van der Waals surface area contributed by atoms with Crippen LogP contribution >= 0.6 is 11.6 Å². The summed E-state index contributed by atoms with van der Waals surface area (Å²) in [5, 5.41) is 10.6. The normalized spacial score (nSPS) is 22.1. The molecule has 1 heterocycles. The number of benzene rings is 1. The van der Waals surface area contributed by atoms with E-state index in [-0.39, 0.29) is 6.10 Å². The summed E-state index contributed by atoms with van der Waals surface area (Å²) in [6.07, 6.45) is 1.19. The van der Waals surface area contributed by atoms with Crippen LogP contribution < -0.4 is 4.74 Å². The molecule has 1 aromatic rings. The van der Waals surface area contributed by atoms with Gasteiger partial charge in [0, 0.05) is 6.61 Å². The Hall–Kier alpha value is -0.770. The third-order valence-corrected chi connectivity index (χ3v) is 3.13. The summed E-state index contributed by atoms with van der Waals surface area (Å²) in [7, 11) is 1.57. The minimum atomic E-state index is -0.606. The van der Waals surface area contributed by atoms with Crippen molar-refractivity contribution >= 4 is 11.6 Å². The lowest BCUT2D eigenvalue weighted by Crippen LogP contribution is -2.17. The zero-order chi connectivity index (χ0) is 11.5. The molecule has 1 aliphatic heterocycles. The zero-order valence-electron chi connectivity index (χ0n) is 9.15. The topological polar surface area (TPSA) is 38.7 Å². The molecule has 0 bridgehead atoms. The highest BCUT2D eigenvalue weighted by atomic mass is 35.5. The molecule has 0 spiro atoms. The Morgan fingerprint density at radius 3 is 2.94 bits per heavy atom. The highest BCUT2D eigenvalue weighted by Crippen LogP contribution is 2.31. The zero-order valence-corrected chi connectivity index (χ0v) is 9.91. The number of rotatable bonds is 3. The van der Waals surface area contributed by atoms with Crippen molar-refractivity contribution in [1.29, 1.82) is 0 Å². The molecule has 0 radical (unpaired) electrons. The molecule has 16 heavy (non-hydrogen) atoms. The van der Waals surface area contributed by atoms with E-state index in [1.165, 1.54) is 0 Å². The fourth-order valence-corrected chi connectivity index (χ4v) is 2.20. The van der Waals surface area contributed by atoms with Gasteiger partial charge in [0.15, 0.2) is 0 Å². The minimum absolute atomic E-state index is 0.107. The largest absolute Gasteiger partial charge is 0.495 e. The number of aliphatic hydroxyl groups is 1. The van der Waals surface area contributed by atoms with Crippen molar-refractivity contribution in [1.82, 2.24) is 0 Å². The van der Waals surface area contributed by atoms with Crippen molar-refractivity contribution in [2.45, 2.75) is 25.0 Å². The second kappa shape index (κ2) is 5.04. The minimum Gasteiger partial charge on any atom is -0.495 e. The van der Waals surface area contributed by atoms with Gasteiger partial charge in [0.2, 0.25) is 0 Å². The van der Waals surface area contributed by atoms with Gasteiger partial charge in [-0.1, -0.05) is 17.7 Å². The second-order valence-corrected chi connectivity index (χ2v) is 4.30. The smallest absolute Gasteiger partial charge is 0.137 e. The lowest BCUT2D eigenvalue weighted by molar-refractivity contribution is -0.00259. The van der Waals surface area contributed by atoms with Crippen LogP contribution in [0.3, 0.4) is 0 Å². The SMILES string of the molecule is COc1ccc(C(O)C2CCCO2)cc1Cl. The van der Waals surface area contributed by atoms with Crippen LogP contribution in [-0.2, 0) is 4.74 Å². The number of methoxy groups -OCH3 is 1. The molecule has 0 aromatic heterocycles. The van der Waals surface area contributed by atoms with Crippen molar-refractivity contribution in [2.75, 3.05) is 13.7 Å². The van der Waals surface area contributed by atoms with Crippen LogP contribution in [0.5, 0.6) is 5.75 Å². The van der Waals surface area contributed by atoms with Crippen molar-refractivity contribution in [3.05, 3.63) is 28.8 Å². The van der Waals surface area contributed by atoms with Crippen molar-refractivity contribution < 1.29 is 14.6 Å². The average molecular weight is 243 g/mol. The first-order valence-corrected chi connectivity index (χ1v) is 5.73. The molecule has 1 aromatic carbocycles. The van der Waals surface area contributed by atoms with Gasteiger partial charge in [-0.25, -0.2) is 0 Å². The number of aliphatic hydroxyl groups excluding tert-OH is 1. The van der Waals surface area contributed by atoms with E-state index in [1.54, 1.807) is 19.2 Å². The van der Waals surface area contributed by atoms with Crippen LogP contribution in [0, 0.1) is 0 Å². The fraction of sp³-hybridized carbons (Fsp3) is 0.500. The number of halogens is 1. The molecule has 2 unspecified atom stereocenters. The van der Waals surface area contributed by atoms with Gasteiger partial charge in [0.1, 0.15) is 11.9 Å². The number of ether oxygens (including phenoxy) is 2. The molecular weight excluding hydrogens is 228 g/mol. The third kappa shape index (κ3) is 2.32. The van der Waals surface area contributed by atoms with E-state index in [2.05, 4.69) is 0 Å². The summed E-state index contributed by atoms with van der Waals surface area (Å²) in [6, 6.07) is 5.31.